The summed E-state index contributed by atoms with van der Waals surface area (Å²) in [6.45, 7) is 1.06. The van der Waals surface area contributed by atoms with Crippen LogP contribution in [0, 0.1) is 3.57 Å². The number of carbonyl (C=O) groups is 2. The molecule has 0 saturated carbocycles. The van der Waals surface area contributed by atoms with Crippen LogP contribution in [0.5, 0.6) is 0 Å². The van der Waals surface area contributed by atoms with Crippen LogP contribution >= 0.6 is 22.6 Å². The zero-order chi connectivity index (χ0) is 28.7. The molecule has 9 nitrogen and oxygen atoms in total. The summed E-state index contributed by atoms with van der Waals surface area (Å²) < 4.78 is 29.4. The molecule has 1 heterocycles. The highest BCUT2D eigenvalue weighted by molar-refractivity contribution is 14.1. The molecule has 2 amide bonds. The number of anilines is 1. The first kappa shape index (κ1) is 30.0. The van der Waals surface area contributed by atoms with E-state index in [0.717, 1.165) is 20.4 Å². The maximum absolute atomic E-state index is 13.6. The number of amides is 2. The molecule has 1 saturated heterocycles. The van der Waals surface area contributed by atoms with Crippen molar-refractivity contribution in [3.8, 4) is 0 Å². The summed E-state index contributed by atoms with van der Waals surface area (Å²) in [7, 11) is -0.0608. The van der Waals surface area contributed by atoms with Gasteiger partial charge in [-0.25, -0.2) is 8.42 Å². The summed E-state index contributed by atoms with van der Waals surface area (Å²) in [6.07, 6.45) is 0. The lowest BCUT2D eigenvalue weighted by Gasteiger charge is -2.39. The molecule has 0 bridgehead atoms. The first-order valence-electron chi connectivity index (χ1n) is 13.0. The SMILES string of the molecule is CN(C)c1ccc(CNC(=O)C2CN(C(=O)CNCc3ccccc3)CCN2S(=O)(=O)c2ccc(I)cc2)cc1. The average molecular weight is 676 g/mol. The Labute approximate surface area is 249 Å². The molecule has 1 aliphatic rings. The Bertz CT molecular complexity index is 1400. The van der Waals surface area contributed by atoms with E-state index in [1.807, 2.05) is 73.6 Å². The molecular weight excluding hydrogens is 641 g/mol. The van der Waals surface area contributed by atoms with Crippen LogP contribution in [-0.2, 0) is 32.7 Å². The maximum Gasteiger partial charge on any atom is 0.243 e. The van der Waals surface area contributed by atoms with Gasteiger partial charge in [0.05, 0.1) is 11.4 Å². The number of nitrogens with one attached hydrogen (secondary N) is 2. The highest BCUT2D eigenvalue weighted by atomic mass is 127. The van der Waals surface area contributed by atoms with Crippen molar-refractivity contribution in [3.05, 3.63) is 93.6 Å². The molecule has 1 atom stereocenters. The number of sulfonamides is 1. The van der Waals surface area contributed by atoms with E-state index in [9.17, 15) is 18.0 Å². The lowest BCUT2D eigenvalue weighted by Crippen LogP contribution is -2.62. The first-order valence-corrected chi connectivity index (χ1v) is 15.5. The zero-order valence-corrected chi connectivity index (χ0v) is 25.6. The summed E-state index contributed by atoms with van der Waals surface area (Å²) in [6, 6.07) is 23.0. The Balaban J connectivity index is 1.47. The molecule has 1 unspecified atom stereocenters. The van der Waals surface area contributed by atoms with Gasteiger partial charge in [-0.15, -0.1) is 0 Å². The quantitative estimate of drug-likeness (QED) is 0.321. The number of hydrogen-bond acceptors (Lipinski definition) is 6. The van der Waals surface area contributed by atoms with Crippen LogP contribution in [-0.4, -0.2) is 75.8 Å². The third kappa shape index (κ3) is 7.59. The van der Waals surface area contributed by atoms with Crippen LogP contribution in [0.25, 0.3) is 0 Å². The molecule has 0 radical (unpaired) electrons. The minimum atomic E-state index is -3.96. The van der Waals surface area contributed by atoms with Crippen molar-refractivity contribution < 1.29 is 18.0 Å². The van der Waals surface area contributed by atoms with Crippen molar-refractivity contribution >= 4 is 50.1 Å². The highest BCUT2D eigenvalue weighted by Gasteiger charge is 2.41. The number of halogens is 1. The van der Waals surface area contributed by atoms with Crippen LogP contribution in [0.4, 0.5) is 5.69 Å². The third-order valence-electron chi connectivity index (χ3n) is 6.77. The fourth-order valence-electron chi connectivity index (χ4n) is 4.48. The van der Waals surface area contributed by atoms with E-state index in [2.05, 4.69) is 33.2 Å². The van der Waals surface area contributed by atoms with Crippen LogP contribution < -0.4 is 15.5 Å². The monoisotopic (exact) mass is 675 g/mol. The van der Waals surface area contributed by atoms with Gasteiger partial charge in [0, 0.05) is 56.1 Å². The van der Waals surface area contributed by atoms with E-state index in [4.69, 9.17) is 0 Å². The lowest BCUT2D eigenvalue weighted by molar-refractivity contribution is -0.135. The molecule has 1 aliphatic heterocycles. The minimum Gasteiger partial charge on any atom is -0.378 e. The molecule has 3 aromatic carbocycles. The predicted molar refractivity (Wildman–Crippen MR) is 164 cm³/mol. The number of piperazine rings is 1. The molecular formula is C29H34IN5O4S. The van der Waals surface area contributed by atoms with Gasteiger partial charge < -0.3 is 20.4 Å². The second-order valence-corrected chi connectivity index (χ2v) is 12.9. The second kappa shape index (κ2) is 13.6. The number of carbonyl (C=O) groups excluding carboxylic acids is 2. The molecule has 0 aromatic heterocycles. The Morgan fingerprint density at radius 2 is 1.55 bits per heavy atom. The number of benzene rings is 3. The average Bonchev–Trinajstić information content (AvgIpc) is 2.96. The van der Waals surface area contributed by atoms with Gasteiger partial charge in [0.25, 0.3) is 0 Å². The highest BCUT2D eigenvalue weighted by Crippen LogP contribution is 2.23. The molecule has 2 N–H and O–H groups in total. The Hall–Kier alpha value is -3.00. The van der Waals surface area contributed by atoms with Crippen molar-refractivity contribution in [2.24, 2.45) is 0 Å². The summed E-state index contributed by atoms with van der Waals surface area (Å²) in [5.41, 5.74) is 2.98. The van der Waals surface area contributed by atoms with Crippen LogP contribution in [0.3, 0.4) is 0 Å². The Morgan fingerprint density at radius 3 is 2.20 bits per heavy atom. The molecule has 4 rings (SSSR count). The Kier molecular flexibility index (Phi) is 10.2. The van der Waals surface area contributed by atoms with Gasteiger partial charge in [-0.05, 0) is 70.1 Å². The molecule has 40 heavy (non-hydrogen) atoms. The maximum atomic E-state index is 13.6. The first-order chi connectivity index (χ1) is 19.1. The predicted octanol–water partition coefficient (Wildman–Crippen LogP) is 2.66. The van der Waals surface area contributed by atoms with Gasteiger partial charge in [0.15, 0.2) is 0 Å². The summed E-state index contributed by atoms with van der Waals surface area (Å²) in [5, 5.41) is 6.04. The Morgan fingerprint density at radius 1 is 0.900 bits per heavy atom. The number of hydrogen-bond donors (Lipinski definition) is 2. The van der Waals surface area contributed by atoms with E-state index >= 15 is 0 Å². The molecule has 212 valence electrons. The largest absolute Gasteiger partial charge is 0.378 e. The van der Waals surface area contributed by atoms with Gasteiger partial charge in [0.1, 0.15) is 6.04 Å². The van der Waals surface area contributed by atoms with E-state index in [0.29, 0.717) is 6.54 Å². The van der Waals surface area contributed by atoms with E-state index in [1.165, 1.54) is 4.31 Å². The fourth-order valence-corrected chi connectivity index (χ4v) is 6.41. The summed E-state index contributed by atoms with van der Waals surface area (Å²) >= 11 is 2.11. The third-order valence-corrected chi connectivity index (χ3v) is 9.42. The van der Waals surface area contributed by atoms with Crippen LogP contribution in [0.2, 0.25) is 0 Å². The van der Waals surface area contributed by atoms with Crippen LogP contribution in [0.1, 0.15) is 11.1 Å². The zero-order valence-electron chi connectivity index (χ0n) is 22.6. The lowest BCUT2D eigenvalue weighted by atomic mass is 10.1. The van der Waals surface area contributed by atoms with Gasteiger partial charge in [0.2, 0.25) is 21.8 Å². The van der Waals surface area contributed by atoms with E-state index in [-0.39, 0.29) is 43.5 Å². The molecule has 3 aromatic rings. The molecule has 11 heteroatoms. The smallest absolute Gasteiger partial charge is 0.243 e. The number of rotatable bonds is 10. The summed E-state index contributed by atoms with van der Waals surface area (Å²) in [4.78, 5) is 30.2. The van der Waals surface area contributed by atoms with Gasteiger partial charge in [-0.1, -0.05) is 42.5 Å². The molecule has 0 aliphatic carbocycles. The van der Waals surface area contributed by atoms with Gasteiger partial charge in [-0.3, -0.25) is 9.59 Å². The topological polar surface area (TPSA) is 102 Å². The molecule has 1 fully saturated rings. The second-order valence-electron chi connectivity index (χ2n) is 9.79. The number of nitrogens with zero attached hydrogens (tertiary/aromatic N) is 3. The van der Waals surface area contributed by atoms with Crippen molar-refractivity contribution in [3.63, 3.8) is 0 Å². The van der Waals surface area contributed by atoms with Crippen molar-refractivity contribution in [2.75, 3.05) is 45.2 Å². The minimum absolute atomic E-state index is 0.0222. The van der Waals surface area contributed by atoms with E-state index < -0.39 is 22.0 Å². The standard InChI is InChI=1S/C29H34IN5O4S/c1-33(2)25-12-8-23(9-13-25)19-32-29(37)27-21-34(28(36)20-31-18-22-6-4-3-5-7-22)16-17-35(27)40(38,39)26-14-10-24(30)11-15-26/h3-15,27,31H,16-21H2,1-2H3,(H,32,37). The van der Waals surface area contributed by atoms with Crippen molar-refractivity contribution in [1.29, 1.82) is 0 Å². The van der Waals surface area contributed by atoms with Gasteiger partial charge >= 0.3 is 0 Å². The molecule has 0 spiro atoms. The normalized spacial score (nSPS) is 16.0. The van der Waals surface area contributed by atoms with Crippen molar-refractivity contribution in [2.45, 2.75) is 24.0 Å². The summed E-state index contributed by atoms with van der Waals surface area (Å²) in [5.74, 6) is -0.625. The van der Waals surface area contributed by atoms with Gasteiger partial charge in [-0.2, -0.15) is 4.31 Å². The van der Waals surface area contributed by atoms with E-state index in [1.54, 1.807) is 29.2 Å². The fraction of sp³-hybridized carbons (Fsp3) is 0.310. The van der Waals surface area contributed by atoms with Crippen LogP contribution in [0.15, 0.2) is 83.8 Å². The van der Waals surface area contributed by atoms with Crippen molar-refractivity contribution in [1.82, 2.24) is 19.8 Å².